The molecule has 0 spiro atoms. The number of carbonyl (C=O) groups is 1. The predicted molar refractivity (Wildman–Crippen MR) is 127 cm³/mol. The minimum atomic E-state index is -0.850. The SMILES string of the molecule is CCC(=O)C1(c2c(C)ccc(Oc3c(Cl)cc(-n4nc(N)c(=O)[nH]c4=O)cc3Cl)c2F)CCC1. The molecule has 0 saturated heterocycles. The maximum absolute atomic E-state index is 15.7. The lowest BCUT2D eigenvalue weighted by Gasteiger charge is -2.42. The number of carbonyl (C=O) groups excluding carboxylic acids is 1. The Morgan fingerprint density at radius 3 is 2.47 bits per heavy atom. The van der Waals surface area contributed by atoms with Crippen molar-refractivity contribution in [2.75, 3.05) is 5.73 Å². The summed E-state index contributed by atoms with van der Waals surface area (Å²) in [5.74, 6) is -1.24. The number of anilines is 1. The van der Waals surface area contributed by atoms with Crippen molar-refractivity contribution in [2.24, 2.45) is 0 Å². The molecule has 3 N–H and O–H groups in total. The van der Waals surface area contributed by atoms with Crippen molar-refractivity contribution in [1.82, 2.24) is 14.8 Å². The molecule has 0 aliphatic heterocycles. The lowest BCUT2D eigenvalue weighted by atomic mass is 9.60. The molecule has 1 aromatic heterocycles. The molecule has 0 unspecified atom stereocenters. The molecule has 8 nitrogen and oxygen atoms in total. The molecule has 0 atom stereocenters. The van der Waals surface area contributed by atoms with Crippen LogP contribution in [0.5, 0.6) is 11.5 Å². The van der Waals surface area contributed by atoms with Crippen LogP contribution in [0.1, 0.15) is 43.7 Å². The molecule has 1 saturated carbocycles. The van der Waals surface area contributed by atoms with Crippen LogP contribution in [0.2, 0.25) is 10.0 Å². The standard InChI is InChI=1S/C23H21Cl2FN4O4/c1-3-16(31)23(7-4-8-23)17-11(2)5-6-15(18(17)26)34-19-13(24)9-12(10-14(19)25)30-22(33)28-21(32)20(27)29-30/h5-6,9-10H,3-4,7-8H2,1-2H3,(H2,27,29)(H,28,32,33). The van der Waals surface area contributed by atoms with Gasteiger partial charge in [-0.15, -0.1) is 5.10 Å². The van der Waals surface area contributed by atoms with E-state index in [1.54, 1.807) is 19.9 Å². The van der Waals surface area contributed by atoms with Crippen LogP contribution in [-0.4, -0.2) is 20.5 Å². The van der Waals surface area contributed by atoms with Crippen LogP contribution in [0.4, 0.5) is 10.2 Å². The molecule has 3 aromatic rings. The Morgan fingerprint density at radius 2 is 1.91 bits per heavy atom. The first-order valence-electron chi connectivity index (χ1n) is 10.6. The van der Waals surface area contributed by atoms with Crippen LogP contribution in [0, 0.1) is 12.7 Å². The van der Waals surface area contributed by atoms with E-state index in [2.05, 4.69) is 5.10 Å². The molecule has 1 aliphatic rings. The summed E-state index contributed by atoms with van der Waals surface area (Å²) in [5, 5.41) is 3.66. The summed E-state index contributed by atoms with van der Waals surface area (Å²) in [5.41, 5.74) is 4.09. The number of nitrogens with one attached hydrogen (secondary N) is 1. The highest BCUT2D eigenvalue weighted by Gasteiger charge is 2.47. The van der Waals surface area contributed by atoms with Crippen molar-refractivity contribution < 1.29 is 13.9 Å². The van der Waals surface area contributed by atoms with Crippen molar-refractivity contribution in [1.29, 1.82) is 0 Å². The molecule has 11 heteroatoms. The second-order valence-corrected chi connectivity index (χ2v) is 8.99. The maximum Gasteiger partial charge on any atom is 0.349 e. The van der Waals surface area contributed by atoms with E-state index in [-0.39, 0.29) is 33.0 Å². The van der Waals surface area contributed by atoms with Gasteiger partial charge in [0.15, 0.2) is 17.3 Å². The summed E-state index contributed by atoms with van der Waals surface area (Å²) in [6.07, 6.45) is 2.32. The minimum Gasteiger partial charge on any atom is -0.451 e. The van der Waals surface area contributed by atoms with Gasteiger partial charge in [-0.2, -0.15) is 4.68 Å². The average Bonchev–Trinajstić information content (AvgIpc) is 2.75. The maximum atomic E-state index is 15.7. The van der Waals surface area contributed by atoms with Crippen molar-refractivity contribution in [3.63, 3.8) is 0 Å². The number of H-pyrrole nitrogens is 1. The van der Waals surface area contributed by atoms with Crippen LogP contribution < -0.4 is 21.7 Å². The third-order valence-electron chi connectivity index (χ3n) is 6.15. The first-order valence-corrected chi connectivity index (χ1v) is 11.3. The quantitative estimate of drug-likeness (QED) is 0.509. The number of rotatable bonds is 6. The molecule has 0 radical (unpaired) electrons. The van der Waals surface area contributed by atoms with Gasteiger partial charge in [0.1, 0.15) is 5.78 Å². The van der Waals surface area contributed by atoms with E-state index in [0.29, 0.717) is 30.4 Å². The van der Waals surface area contributed by atoms with Gasteiger partial charge in [0.25, 0.3) is 5.56 Å². The zero-order valence-electron chi connectivity index (χ0n) is 18.4. The normalized spacial score (nSPS) is 14.5. The minimum absolute atomic E-state index is 0.00330. The lowest BCUT2D eigenvalue weighted by molar-refractivity contribution is -0.127. The number of Topliss-reactive ketones (excluding diaryl/α,β-unsaturated/α-hetero) is 1. The second-order valence-electron chi connectivity index (χ2n) is 8.18. The van der Waals surface area contributed by atoms with E-state index in [1.165, 1.54) is 18.2 Å². The number of nitrogens with two attached hydrogens (primary N) is 1. The highest BCUT2D eigenvalue weighted by atomic mass is 35.5. The van der Waals surface area contributed by atoms with E-state index in [0.717, 1.165) is 11.1 Å². The second kappa shape index (κ2) is 8.88. The van der Waals surface area contributed by atoms with Crippen LogP contribution in [-0.2, 0) is 10.2 Å². The Kier molecular flexibility index (Phi) is 6.26. The van der Waals surface area contributed by atoms with Gasteiger partial charge in [-0.05, 0) is 43.5 Å². The highest BCUT2D eigenvalue weighted by molar-refractivity contribution is 6.37. The first-order chi connectivity index (χ1) is 16.1. The lowest BCUT2D eigenvalue weighted by Crippen LogP contribution is -2.43. The van der Waals surface area contributed by atoms with E-state index in [4.69, 9.17) is 33.7 Å². The first kappa shape index (κ1) is 24.0. The molecule has 178 valence electrons. The van der Waals surface area contributed by atoms with Gasteiger partial charge >= 0.3 is 5.69 Å². The van der Waals surface area contributed by atoms with Crippen LogP contribution >= 0.6 is 23.2 Å². The van der Waals surface area contributed by atoms with E-state index in [9.17, 15) is 14.4 Å². The molecule has 1 aliphatic carbocycles. The molecule has 34 heavy (non-hydrogen) atoms. The fourth-order valence-electron chi connectivity index (χ4n) is 4.32. The monoisotopic (exact) mass is 506 g/mol. The summed E-state index contributed by atoms with van der Waals surface area (Å²) in [7, 11) is 0. The van der Waals surface area contributed by atoms with E-state index < -0.39 is 28.3 Å². The number of hydrogen-bond donors (Lipinski definition) is 2. The molecule has 2 aromatic carbocycles. The third kappa shape index (κ3) is 3.88. The van der Waals surface area contributed by atoms with E-state index >= 15 is 4.39 Å². The number of ether oxygens (including phenoxy) is 1. The van der Waals surface area contributed by atoms with Crippen molar-refractivity contribution >= 4 is 34.8 Å². The Morgan fingerprint density at radius 1 is 1.26 bits per heavy atom. The van der Waals surface area contributed by atoms with Crippen molar-refractivity contribution in [3.05, 3.63) is 72.1 Å². The van der Waals surface area contributed by atoms with Gasteiger partial charge in [0, 0.05) is 12.0 Å². The fourth-order valence-corrected chi connectivity index (χ4v) is 4.87. The van der Waals surface area contributed by atoms with Crippen molar-refractivity contribution in [3.8, 4) is 17.2 Å². The van der Waals surface area contributed by atoms with Crippen LogP contribution in [0.25, 0.3) is 5.69 Å². The number of ketones is 1. The number of aromatic amines is 1. The molecule has 1 heterocycles. The van der Waals surface area contributed by atoms with Gasteiger partial charge in [-0.1, -0.05) is 42.6 Å². The van der Waals surface area contributed by atoms with Gasteiger partial charge in [-0.25, -0.2) is 9.18 Å². The Balaban J connectivity index is 1.76. The number of nitrogens with zero attached hydrogens (tertiary/aromatic N) is 2. The van der Waals surface area contributed by atoms with Crippen LogP contribution in [0.15, 0.2) is 33.9 Å². The Bertz CT molecular complexity index is 1410. The van der Waals surface area contributed by atoms with Gasteiger partial charge in [-0.3, -0.25) is 14.6 Å². The number of halogens is 3. The number of benzene rings is 2. The number of hydrogen-bond acceptors (Lipinski definition) is 6. The number of aromatic nitrogens is 3. The molecular weight excluding hydrogens is 486 g/mol. The van der Waals surface area contributed by atoms with Crippen LogP contribution in [0.3, 0.4) is 0 Å². The van der Waals surface area contributed by atoms with E-state index in [1.807, 2.05) is 4.98 Å². The molecule has 0 bridgehead atoms. The summed E-state index contributed by atoms with van der Waals surface area (Å²) in [6, 6.07) is 5.78. The highest BCUT2D eigenvalue weighted by Crippen LogP contribution is 2.49. The topological polar surface area (TPSA) is 120 Å². The zero-order valence-corrected chi connectivity index (χ0v) is 19.9. The predicted octanol–water partition coefficient (Wildman–Crippen LogP) is 4.45. The number of nitrogen functional groups attached to an aromatic ring is 1. The average molecular weight is 507 g/mol. The Labute approximate surface area is 203 Å². The molecule has 0 amide bonds. The molecular formula is C23H21Cl2FN4O4. The molecule has 4 rings (SSSR count). The summed E-state index contributed by atoms with van der Waals surface area (Å²) < 4.78 is 22.3. The summed E-state index contributed by atoms with van der Waals surface area (Å²) in [4.78, 5) is 38.3. The van der Waals surface area contributed by atoms with Gasteiger partial charge in [0.2, 0.25) is 5.82 Å². The molecule has 1 fully saturated rings. The third-order valence-corrected chi connectivity index (χ3v) is 6.71. The van der Waals surface area contributed by atoms with Gasteiger partial charge < -0.3 is 10.5 Å². The number of aryl methyl sites for hydroxylation is 1. The summed E-state index contributed by atoms with van der Waals surface area (Å²) in [6.45, 7) is 3.54. The summed E-state index contributed by atoms with van der Waals surface area (Å²) >= 11 is 12.7. The fraction of sp³-hybridized carbons (Fsp3) is 0.304. The zero-order chi connectivity index (χ0) is 24.8. The largest absolute Gasteiger partial charge is 0.451 e. The smallest absolute Gasteiger partial charge is 0.349 e. The Hall–Kier alpha value is -3.17. The van der Waals surface area contributed by atoms with Gasteiger partial charge in [0.05, 0.1) is 21.1 Å². The van der Waals surface area contributed by atoms with Crippen molar-refractivity contribution in [2.45, 2.75) is 44.9 Å².